The van der Waals surface area contributed by atoms with E-state index in [1.54, 1.807) is 46.1 Å². The summed E-state index contributed by atoms with van der Waals surface area (Å²) in [6.07, 6.45) is -0.617. The van der Waals surface area contributed by atoms with Crippen molar-refractivity contribution in [1.29, 1.82) is 0 Å². The third kappa shape index (κ3) is 2.65. The van der Waals surface area contributed by atoms with Crippen LogP contribution in [0.4, 0.5) is 4.79 Å². The van der Waals surface area contributed by atoms with Crippen LogP contribution in [0.15, 0.2) is 24.3 Å². The fourth-order valence-electron chi connectivity index (χ4n) is 1.79. The summed E-state index contributed by atoms with van der Waals surface area (Å²) in [5.41, 5.74) is -0.0787. The van der Waals surface area contributed by atoms with Gasteiger partial charge in [-0.15, -0.1) is 0 Å². The predicted molar refractivity (Wildman–Crippen MR) is 71.8 cm³/mol. The van der Waals surface area contributed by atoms with E-state index in [-0.39, 0.29) is 5.88 Å². The third-order valence-electron chi connectivity index (χ3n) is 2.57. The highest BCUT2D eigenvalue weighted by molar-refractivity contribution is 5.92. The first-order valence-electron chi connectivity index (χ1n) is 5.93. The zero-order valence-corrected chi connectivity index (χ0v) is 11.4. The summed E-state index contributed by atoms with van der Waals surface area (Å²) in [7, 11) is 1.54. The lowest BCUT2D eigenvalue weighted by molar-refractivity contribution is 0.0533. The van der Waals surface area contributed by atoms with E-state index in [9.17, 15) is 9.90 Å². The summed E-state index contributed by atoms with van der Waals surface area (Å²) in [6.45, 7) is 5.32. The monoisotopic (exact) mass is 263 g/mol. The SMILES string of the molecule is COc1ccc2cc(O)n(C(=O)OC(C)(C)C)c2c1. The zero-order valence-electron chi connectivity index (χ0n) is 11.4. The Morgan fingerprint density at radius 1 is 1.26 bits per heavy atom. The second-order valence-electron chi connectivity index (χ2n) is 5.24. The van der Waals surface area contributed by atoms with Gasteiger partial charge in [-0.3, -0.25) is 0 Å². The van der Waals surface area contributed by atoms with Crippen LogP contribution in [0, 0.1) is 0 Å². The molecule has 0 amide bonds. The van der Waals surface area contributed by atoms with Gasteiger partial charge in [0.05, 0.1) is 12.6 Å². The summed E-state index contributed by atoms with van der Waals surface area (Å²) in [5.74, 6) is 0.452. The lowest BCUT2D eigenvalue weighted by atomic mass is 10.2. The van der Waals surface area contributed by atoms with Crippen LogP contribution in [-0.2, 0) is 4.74 Å². The summed E-state index contributed by atoms with van der Waals surface area (Å²) >= 11 is 0. The quantitative estimate of drug-likeness (QED) is 0.858. The van der Waals surface area contributed by atoms with E-state index >= 15 is 0 Å². The molecule has 0 aliphatic rings. The number of hydrogen-bond donors (Lipinski definition) is 1. The number of rotatable bonds is 1. The molecule has 1 N–H and O–H groups in total. The fourth-order valence-corrected chi connectivity index (χ4v) is 1.79. The fraction of sp³-hybridized carbons (Fsp3) is 0.357. The molecule has 19 heavy (non-hydrogen) atoms. The van der Waals surface area contributed by atoms with Crippen molar-refractivity contribution < 1.29 is 19.4 Å². The number of carbonyl (C=O) groups excluding carboxylic acids is 1. The Bertz CT molecular complexity index is 622. The van der Waals surface area contributed by atoms with Gasteiger partial charge in [0.25, 0.3) is 0 Å². The Morgan fingerprint density at radius 3 is 2.53 bits per heavy atom. The van der Waals surface area contributed by atoms with Crippen LogP contribution in [0.25, 0.3) is 10.9 Å². The lowest BCUT2D eigenvalue weighted by Gasteiger charge is -2.20. The van der Waals surface area contributed by atoms with Crippen molar-refractivity contribution in [3.63, 3.8) is 0 Å². The van der Waals surface area contributed by atoms with E-state index < -0.39 is 11.7 Å². The van der Waals surface area contributed by atoms with Gasteiger partial charge in [-0.1, -0.05) is 0 Å². The molecule has 1 aromatic heterocycles. The van der Waals surface area contributed by atoms with Crippen LogP contribution in [0.5, 0.6) is 11.6 Å². The minimum atomic E-state index is -0.626. The molecule has 1 heterocycles. The second-order valence-corrected chi connectivity index (χ2v) is 5.24. The average molecular weight is 263 g/mol. The number of benzene rings is 1. The van der Waals surface area contributed by atoms with Gasteiger partial charge in [0.15, 0.2) is 0 Å². The molecule has 0 saturated heterocycles. The number of aromatic hydroxyl groups is 1. The van der Waals surface area contributed by atoms with Crippen molar-refractivity contribution in [2.24, 2.45) is 0 Å². The minimum absolute atomic E-state index is 0.155. The molecule has 0 radical (unpaired) electrons. The molecule has 5 nitrogen and oxygen atoms in total. The molecule has 5 heteroatoms. The van der Waals surface area contributed by atoms with Crippen molar-refractivity contribution in [2.45, 2.75) is 26.4 Å². The third-order valence-corrected chi connectivity index (χ3v) is 2.57. The molecule has 102 valence electrons. The van der Waals surface area contributed by atoms with Gasteiger partial charge < -0.3 is 14.6 Å². The summed E-state index contributed by atoms with van der Waals surface area (Å²) < 4.78 is 11.5. The largest absolute Gasteiger partial charge is 0.497 e. The van der Waals surface area contributed by atoms with Crippen molar-refractivity contribution in [1.82, 2.24) is 4.57 Å². The van der Waals surface area contributed by atoms with Gasteiger partial charge in [0, 0.05) is 17.5 Å². The smallest absolute Gasteiger partial charge is 0.421 e. The van der Waals surface area contributed by atoms with Crippen LogP contribution < -0.4 is 4.74 Å². The Balaban J connectivity index is 2.52. The Morgan fingerprint density at radius 2 is 1.95 bits per heavy atom. The number of aromatic nitrogens is 1. The molecule has 2 aromatic rings. The van der Waals surface area contributed by atoms with Gasteiger partial charge in [-0.25, -0.2) is 9.36 Å². The van der Waals surface area contributed by atoms with E-state index in [1.807, 2.05) is 0 Å². The lowest BCUT2D eigenvalue weighted by Crippen LogP contribution is -2.26. The molecule has 1 aromatic carbocycles. The van der Waals surface area contributed by atoms with Crippen molar-refractivity contribution in [3.05, 3.63) is 24.3 Å². The summed E-state index contributed by atoms with van der Waals surface area (Å²) in [6, 6.07) is 6.73. The molecule has 0 spiro atoms. The summed E-state index contributed by atoms with van der Waals surface area (Å²) in [4.78, 5) is 12.1. The van der Waals surface area contributed by atoms with Crippen LogP contribution in [0.1, 0.15) is 20.8 Å². The standard InChI is InChI=1S/C14H17NO4/c1-14(2,3)19-13(17)15-11-8-10(18-4)6-5-9(11)7-12(15)16/h5-8,16H,1-4H3. The van der Waals surface area contributed by atoms with E-state index in [2.05, 4.69) is 0 Å². The van der Waals surface area contributed by atoms with Gasteiger partial charge in [0.1, 0.15) is 11.4 Å². The maximum Gasteiger partial charge on any atom is 0.421 e. The van der Waals surface area contributed by atoms with Gasteiger partial charge in [0.2, 0.25) is 5.88 Å². The van der Waals surface area contributed by atoms with E-state index in [0.717, 1.165) is 9.95 Å². The second kappa shape index (κ2) is 4.50. The predicted octanol–water partition coefficient (Wildman–Crippen LogP) is 3.14. The highest BCUT2D eigenvalue weighted by atomic mass is 16.6. The first-order valence-corrected chi connectivity index (χ1v) is 5.93. The number of ether oxygens (including phenoxy) is 2. The van der Waals surface area contributed by atoms with Gasteiger partial charge in [-0.2, -0.15) is 0 Å². The van der Waals surface area contributed by atoms with Crippen LogP contribution >= 0.6 is 0 Å². The normalized spacial score (nSPS) is 11.6. The van der Waals surface area contributed by atoms with E-state index in [0.29, 0.717) is 11.3 Å². The first-order chi connectivity index (χ1) is 8.81. The van der Waals surface area contributed by atoms with Crippen molar-refractivity contribution in [3.8, 4) is 11.6 Å². The van der Waals surface area contributed by atoms with Crippen LogP contribution in [0.2, 0.25) is 0 Å². The highest BCUT2D eigenvalue weighted by Crippen LogP contribution is 2.28. The molecule has 0 fully saturated rings. The first kappa shape index (κ1) is 13.3. The number of methoxy groups -OCH3 is 1. The molecule has 0 bridgehead atoms. The highest BCUT2D eigenvalue weighted by Gasteiger charge is 2.22. The maximum absolute atomic E-state index is 12.1. The molecular formula is C14H17NO4. The van der Waals surface area contributed by atoms with Crippen LogP contribution in [0.3, 0.4) is 0 Å². The van der Waals surface area contributed by atoms with Crippen molar-refractivity contribution >= 4 is 17.0 Å². The molecule has 0 saturated carbocycles. The Hall–Kier alpha value is -2.17. The van der Waals surface area contributed by atoms with Gasteiger partial charge in [-0.05, 0) is 32.9 Å². The molecule has 0 atom stereocenters. The molecule has 0 aliphatic heterocycles. The zero-order chi connectivity index (χ0) is 14.2. The van der Waals surface area contributed by atoms with Crippen molar-refractivity contribution in [2.75, 3.05) is 7.11 Å². The molecule has 0 unspecified atom stereocenters. The Labute approximate surface area is 111 Å². The molecule has 2 rings (SSSR count). The van der Waals surface area contributed by atoms with Gasteiger partial charge >= 0.3 is 6.09 Å². The number of carbonyl (C=O) groups is 1. The molecule has 0 aliphatic carbocycles. The average Bonchev–Trinajstić information content (AvgIpc) is 2.61. The van der Waals surface area contributed by atoms with Crippen LogP contribution in [-0.4, -0.2) is 28.5 Å². The minimum Gasteiger partial charge on any atom is -0.497 e. The topological polar surface area (TPSA) is 60.7 Å². The maximum atomic E-state index is 12.1. The summed E-state index contributed by atoms with van der Waals surface area (Å²) in [5, 5.41) is 10.6. The van der Waals surface area contributed by atoms with E-state index in [1.165, 1.54) is 6.07 Å². The van der Waals surface area contributed by atoms with E-state index in [4.69, 9.17) is 9.47 Å². The number of hydrogen-bond acceptors (Lipinski definition) is 4. The Kier molecular flexibility index (Phi) is 3.14. The number of fused-ring (bicyclic) bond motifs is 1. The molecular weight excluding hydrogens is 246 g/mol. The number of nitrogens with zero attached hydrogens (tertiary/aromatic N) is 1.